The summed E-state index contributed by atoms with van der Waals surface area (Å²) in [4.78, 5) is 9.03. The standard InChI is InChI=1S/C18H24N4O2/c1-2-19-17(21-12-18(13-23)8-9-18)20-10-15-11-24-16(22-15)14-6-4-3-5-7-14/h3-7,11,23H,2,8-10,12-13H2,1H3,(H2,19,20,21). The number of benzene rings is 1. The molecule has 6 heteroatoms. The number of aliphatic hydroxyl groups is 1. The minimum absolute atomic E-state index is 0.0462. The van der Waals surface area contributed by atoms with Crippen LogP contribution in [0.3, 0.4) is 0 Å². The van der Waals surface area contributed by atoms with E-state index in [0.29, 0.717) is 12.4 Å². The largest absolute Gasteiger partial charge is 0.444 e. The molecule has 3 rings (SSSR count). The Hall–Kier alpha value is -2.34. The quantitative estimate of drug-likeness (QED) is 0.536. The van der Waals surface area contributed by atoms with Crippen LogP contribution in [-0.2, 0) is 6.54 Å². The first-order chi connectivity index (χ1) is 11.7. The van der Waals surface area contributed by atoms with Crippen molar-refractivity contribution in [1.82, 2.24) is 15.6 Å². The normalized spacial score (nSPS) is 16.0. The Morgan fingerprint density at radius 1 is 1.29 bits per heavy atom. The average Bonchev–Trinajstić information content (AvgIpc) is 3.26. The molecule has 0 bridgehead atoms. The summed E-state index contributed by atoms with van der Waals surface area (Å²) in [6.45, 7) is 4.22. The van der Waals surface area contributed by atoms with Gasteiger partial charge in [-0.3, -0.25) is 0 Å². The van der Waals surface area contributed by atoms with E-state index in [1.54, 1.807) is 6.26 Å². The molecule has 0 saturated heterocycles. The molecule has 0 spiro atoms. The topological polar surface area (TPSA) is 82.7 Å². The van der Waals surface area contributed by atoms with Crippen molar-refractivity contribution in [1.29, 1.82) is 0 Å². The number of aliphatic hydroxyl groups excluding tert-OH is 1. The van der Waals surface area contributed by atoms with Crippen LogP contribution in [0.25, 0.3) is 11.5 Å². The third-order valence-corrected chi connectivity index (χ3v) is 4.24. The molecule has 2 aromatic rings. The molecule has 0 radical (unpaired) electrons. The Kier molecular flexibility index (Phi) is 5.15. The van der Waals surface area contributed by atoms with Crippen LogP contribution in [0.2, 0.25) is 0 Å². The fourth-order valence-electron chi connectivity index (χ4n) is 2.43. The zero-order valence-electron chi connectivity index (χ0n) is 14.0. The highest BCUT2D eigenvalue weighted by molar-refractivity contribution is 5.79. The van der Waals surface area contributed by atoms with E-state index in [0.717, 1.165) is 43.1 Å². The summed E-state index contributed by atoms with van der Waals surface area (Å²) in [5.74, 6) is 1.34. The second-order valence-electron chi connectivity index (χ2n) is 6.22. The Labute approximate surface area is 142 Å². The molecule has 0 aliphatic heterocycles. The summed E-state index contributed by atoms with van der Waals surface area (Å²) in [7, 11) is 0. The van der Waals surface area contributed by atoms with E-state index < -0.39 is 0 Å². The minimum atomic E-state index is 0.0462. The summed E-state index contributed by atoms with van der Waals surface area (Å²) in [6, 6.07) is 9.81. The third kappa shape index (κ3) is 4.14. The molecular weight excluding hydrogens is 304 g/mol. The van der Waals surface area contributed by atoms with E-state index in [4.69, 9.17) is 4.42 Å². The highest BCUT2D eigenvalue weighted by Gasteiger charge is 2.41. The predicted octanol–water partition coefficient (Wildman–Crippen LogP) is 2.17. The Bertz CT molecular complexity index is 677. The molecule has 1 aromatic heterocycles. The zero-order chi connectivity index (χ0) is 16.8. The maximum Gasteiger partial charge on any atom is 0.226 e. The Morgan fingerprint density at radius 2 is 2.08 bits per heavy atom. The van der Waals surface area contributed by atoms with Gasteiger partial charge < -0.3 is 20.2 Å². The molecule has 1 aromatic carbocycles. The second-order valence-corrected chi connectivity index (χ2v) is 6.22. The molecule has 0 atom stereocenters. The molecule has 0 unspecified atom stereocenters. The number of hydrogen-bond acceptors (Lipinski definition) is 4. The molecule has 1 aliphatic carbocycles. The van der Waals surface area contributed by atoms with Crippen molar-refractivity contribution in [3.63, 3.8) is 0 Å². The van der Waals surface area contributed by atoms with Gasteiger partial charge in [0.1, 0.15) is 12.0 Å². The van der Waals surface area contributed by atoms with Crippen molar-refractivity contribution < 1.29 is 9.52 Å². The zero-order valence-corrected chi connectivity index (χ0v) is 14.0. The van der Waals surface area contributed by atoms with Gasteiger partial charge in [-0.05, 0) is 31.9 Å². The van der Waals surface area contributed by atoms with E-state index >= 15 is 0 Å². The molecule has 128 valence electrons. The van der Waals surface area contributed by atoms with E-state index in [1.165, 1.54) is 0 Å². The van der Waals surface area contributed by atoms with Crippen LogP contribution < -0.4 is 10.6 Å². The number of rotatable bonds is 7. The Balaban J connectivity index is 1.60. The fourth-order valence-corrected chi connectivity index (χ4v) is 2.43. The predicted molar refractivity (Wildman–Crippen MR) is 93.5 cm³/mol. The van der Waals surface area contributed by atoms with Crippen molar-refractivity contribution in [2.75, 3.05) is 19.7 Å². The number of aliphatic imine (C=N–C) groups is 1. The van der Waals surface area contributed by atoms with E-state index in [9.17, 15) is 5.11 Å². The van der Waals surface area contributed by atoms with Gasteiger partial charge in [-0.25, -0.2) is 9.98 Å². The summed E-state index contributed by atoms with van der Waals surface area (Å²) in [5.41, 5.74) is 1.79. The van der Waals surface area contributed by atoms with Crippen LogP contribution in [0.5, 0.6) is 0 Å². The number of guanidine groups is 1. The number of hydrogen-bond donors (Lipinski definition) is 3. The molecular formula is C18H24N4O2. The van der Waals surface area contributed by atoms with Gasteiger partial charge in [-0.1, -0.05) is 18.2 Å². The SMILES string of the molecule is CCNC(=NCc1coc(-c2ccccc2)n1)NCC1(CO)CC1. The van der Waals surface area contributed by atoms with Crippen molar-refractivity contribution in [3.05, 3.63) is 42.3 Å². The van der Waals surface area contributed by atoms with Crippen molar-refractivity contribution in [3.8, 4) is 11.5 Å². The summed E-state index contributed by atoms with van der Waals surface area (Å²) in [5, 5.41) is 15.9. The molecule has 3 N–H and O–H groups in total. The lowest BCUT2D eigenvalue weighted by Crippen LogP contribution is -2.41. The van der Waals surface area contributed by atoms with Gasteiger partial charge in [-0.15, -0.1) is 0 Å². The minimum Gasteiger partial charge on any atom is -0.444 e. The van der Waals surface area contributed by atoms with Gasteiger partial charge in [0.05, 0.1) is 13.2 Å². The number of aromatic nitrogens is 1. The highest BCUT2D eigenvalue weighted by Crippen LogP contribution is 2.44. The number of nitrogens with one attached hydrogen (secondary N) is 2. The summed E-state index contributed by atoms with van der Waals surface area (Å²) >= 11 is 0. The lowest BCUT2D eigenvalue weighted by molar-refractivity contribution is 0.212. The first-order valence-electron chi connectivity index (χ1n) is 8.37. The van der Waals surface area contributed by atoms with Crippen molar-refractivity contribution >= 4 is 5.96 Å². The third-order valence-electron chi connectivity index (χ3n) is 4.24. The maximum atomic E-state index is 9.40. The number of oxazole rings is 1. The monoisotopic (exact) mass is 328 g/mol. The summed E-state index contributed by atoms with van der Waals surface area (Å²) < 4.78 is 5.53. The van der Waals surface area contributed by atoms with E-state index in [-0.39, 0.29) is 12.0 Å². The van der Waals surface area contributed by atoms with Gasteiger partial charge >= 0.3 is 0 Å². The van der Waals surface area contributed by atoms with Gasteiger partial charge in [0.2, 0.25) is 5.89 Å². The second kappa shape index (κ2) is 7.49. The molecule has 1 heterocycles. The van der Waals surface area contributed by atoms with Crippen molar-refractivity contribution in [2.45, 2.75) is 26.3 Å². The van der Waals surface area contributed by atoms with E-state index in [2.05, 4.69) is 20.6 Å². The lowest BCUT2D eigenvalue weighted by Gasteiger charge is -2.16. The molecule has 24 heavy (non-hydrogen) atoms. The van der Waals surface area contributed by atoms with Gasteiger partial charge in [0, 0.05) is 24.1 Å². The van der Waals surface area contributed by atoms with Crippen LogP contribution in [0.4, 0.5) is 0 Å². The van der Waals surface area contributed by atoms with Gasteiger partial charge in [0.15, 0.2) is 5.96 Å². The maximum absolute atomic E-state index is 9.40. The molecule has 6 nitrogen and oxygen atoms in total. The average molecular weight is 328 g/mol. The van der Waals surface area contributed by atoms with Crippen LogP contribution in [-0.4, -0.2) is 35.7 Å². The highest BCUT2D eigenvalue weighted by atomic mass is 16.3. The van der Waals surface area contributed by atoms with Crippen molar-refractivity contribution in [2.24, 2.45) is 10.4 Å². The molecule has 1 aliphatic rings. The smallest absolute Gasteiger partial charge is 0.226 e. The van der Waals surface area contributed by atoms with Crippen LogP contribution in [0.15, 0.2) is 46.0 Å². The molecule has 1 fully saturated rings. The van der Waals surface area contributed by atoms with Gasteiger partial charge in [0.25, 0.3) is 0 Å². The van der Waals surface area contributed by atoms with Crippen LogP contribution >= 0.6 is 0 Å². The lowest BCUT2D eigenvalue weighted by atomic mass is 10.1. The number of nitrogens with zero attached hydrogens (tertiary/aromatic N) is 2. The van der Waals surface area contributed by atoms with Gasteiger partial charge in [-0.2, -0.15) is 0 Å². The molecule has 0 amide bonds. The fraction of sp³-hybridized carbons (Fsp3) is 0.444. The Morgan fingerprint density at radius 3 is 2.75 bits per heavy atom. The first-order valence-corrected chi connectivity index (χ1v) is 8.37. The van der Waals surface area contributed by atoms with E-state index in [1.807, 2.05) is 37.3 Å². The summed E-state index contributed by atoms with van der Waals surface area (Å²) in [6.07, 6.45) is 3.78. The van der Waals surface area contributed by atoms with Crippen LogP contribution in [0, 0.1) is 5.41 Å². The first kappa shape index (κ1) is 16.5. The molecule has 1 saturated carbocycles. The van der Waals surface area contributed by atoms with Crippen LogP contribution in [0.1, 0.15) is 25.5 Å².